The van der Waals surface area contributed by atoms with Gasteiger partial charge in [0, 0.05) is 11.9 Å². The van der Waals surface area contributed by atoms with Crippen LogP contribution in [-0.4, -0.2) is 48.8 Å². The monoisotopic (exact) mass is 346 g/mol. The summed E-state index contributed by atoms with van der Waals surface area (Å²) >= 11 is 1.58. The fourth-order valence-corrected chi connectivity index (χ4v) is 3.68. The maximum absolute atomic E-state index is 13.2. The molecule has 126 valence electrons. The Labute approximate surface area is 144 Å². The lowest BCUT2D eigenvalue weighted by atomic mass is 10.1. The fraction of sp³-hybridized carbons (Fsp3) is 0.412. The highest BCUT2D eigenvalue weighted by Crippen LogP contribution is 2.36. The minimum absolute atomic E-state index is 0.0729. The summed E-state index contributed by atoms with van der Waals surface area (Å²) in [5.74, 6) is 1.09. The molecule has 2 aliphatic heterocycles. The Balaban J connectivity index is 1.67. The van der Waals surface area contributed by atoms with Gasteiger partial charge in [-0.05, 0) is 19.1 Å². The number of benzene rings is 1. The van der Waals surface area contributed by atoms with Crippen LogP contribution in [0.3, 0.4) is 0 Å². The molecule has 1 fully saturated rings. The van der Waals surface area contributed by atoms with Crippen LogP contribution in [0, 0.1) is 6.92 Å². The number of hydrogen-bond acceptors (Lipinski definition) is 6. The summed E-state index contributed by atoms with van der Waals surface area (Å²) in [6.45, 7) is 4.43. The third kappa shape index (κ3) is 2.74. The first-order valence-electron chi connectivity index (χ1n) is 7.93. The highest BCUT2D eigenvalue weighted by atomic mass is 32.1. The molecule has 1 aromatic heterocycles. The predicted molar refractivity (Wildman–Crippen MR) is 88.9 cm³/mol. The molecule has 0 bridgehead atoms. The van der Waals surface area contributed by atoms with Crippen molar-refractivity contribution in [1.82, 2.24) is 9.88 Å². The van der Waals surface area contributed by atoms with Crippen LogP contribution in [0.4, 0.5) is 0 Å². The molecule has 0 N–H and O–H groups in total. The molecule has 0 unspecified atom stereocenters. The minimum Gasteiger partial charge on any atom is -0.486 e. The second-order valence-electron chi connectivity index (χ2n) is 5.71. The van der Waals surface area contributed by atoms with Crippen LogP contribution in [0.25, 0.3) is 0 Å². The maximum Gasteiger partial charge on any atom is 0.258 e. The van der Waals surface area contributed by atoms with Gasteiger partial charge in [-0.3, -0.25) is 4.79 Å². The van der Waals surface area contributed by atoms with E-state index in [-0.39, 0.29) is 11.9 Å². The molecule has 1 saturated heterocycles. The molecule has 1 atom stereocenters. The van der Waals surface area contributed by atoms with E-state index < -0.39 is 0 Å². The predicted octanol–water partition coefficient (Wildman–Crippen LogP) is 2.44. The van der Waals surface area contributed by atoms with E-state index in [2.05, 4.69) is 4.98 Å². The molecule has 7 heteroatoms. The van der Waals surface area contributed by atoms with E-state index >= 15 is 0 Å². The van der Waals surface area contributed by atoms with Crippen LogP contribution >= 0.6 is 11.3 Å². The number of rotatable bonds is 2. The summed E-state index contributed by atoms with van der Waals surface area (Å²) in [6, 6.07) is 5.26. The van der Waals surface area contributed by atoms with Crippen molar-refractivity contribution >= 4 is 17.2 Å². The molecule has 0 aliphatic carbocycles. The van der Waals surface area contributed by atoms with Gasteiger partial charge in [0.2, 0.25) is 0 Å². The van der Waals surface area contributed by atoms with E-state index in [1.54, 1.807) is 17.4 Å². The molecule has 24 heavy (non-hydrogen) atoms. The Morgan fingerprint density at radius 1 is 1.29 bits per heavy atom. The molecule has 2 aromatic rings. The number of ether oxygens (including phenoxy) is 3. The van der Waals surface area contributed by atoms with Gasteiger partial charge in [-0.15, -0.1) is 11.3 Å². The van der Waals surface area contributed by atoms with E-state index in [0.29, 0.717) is 50.0 Å². The standard InChI is InChI=1S/C17H18N2O4S/c1-11-18-13(10-24-11)14-9-21-6-5-19(14)17(20)12-3-2-4-15-16(12)23-8-7-22-15/h2-4,10,14H,5-9H2,1H3/t14-/m0/s1. The summed E-state index contributed by atoms with van der Waals surface area (Å²) in [6.07, 6.45) is 0. The van der Waals surface area contributed by atoms with Crippen LogP contribution in [0.15, 0.2) is 23.6 Å². The number of morpholine rings is 1. The maximum atomic E-state index is 13.2. The molecule has 2 aliphatic rings. The zero-order valence-electron chi connectivity index (χ0n) is 13.4. The number of para-hydroxylation sites is 1. The SMILES string of the molecule is Cc1nc([C@@H]2COCCN2C(=O)c2cccc3c2OCCO3)cs1. The second kappa shape index (κ2) is 6.41. The van der Waals surface area contributed by atoms with Crippen molar-refractivity contribution in [3.8, 4) is 11.5 Å². The zero-order valence-corrected chi connectivity index (χ0v) is 14.2. The van der Waals surface area contributed by atoms with Gasteiger partial charge in [0.15, 0.2) is 11.5 Å². The average Bonchev–Trinajstić information content (AvgIpc) is 3.07. The Bertz CT molecular complexity index is 761. The van der Waals surface area contributed by atoms with Gasteiger partial charge < -0.3 is 19.1 Å². The average molecular weight is 346 g/mol. The minimum atomic E-state index is -0.170. The quantitative estimate of drug-likeness (QED) is 0.836. The molecule has 3 heterocycles. The molecule has 0 spiro atoms. The number of fused-ring (bicyclic) bond motifs is 1. The van der Waals surface area contributed by atoms with Gasteiger partial charge in [-0.2, -0.15) is 0 Å². The van der Waals surface area contributed by atoms with E-state index in [4.69, 9.17) is 14.2 Å². The summed E-state index contributed by atoms with van der Waals surface area (Å²) in [7, 11) is 0. The smallest absolute Gasteiger partial charge is 0.258 e. The molecule has 6 nitrogen and oxygen atoms in total. The van der Waals surface area contributed by atoms with Crippen molar-refractivity contribution in [2.75, 3.05) is 33.0 Å². The number of carbonyl (C=O) groups excluding carboxylic acids is 1. The Hall–Kier alpha value is -2.12. The molecule has 1 amide bonds. The highest BCUT2D eigenvalue weighted by Gasteiger charge is 2.33. The first-order valence-corrected chi connectivity index (χ1v) is 8.81. The van der Waals surface area contributed by atoms with E-state index in [0.717, 1.165) is 10.7 Å². The fourth-order valence-electron chi connectivity index (χ4n) is 3.02. The number of nitrogens with zero attached hydrogens (tertiary/aromatic N) is 2. The summed E-state index contributed by atoms with van der Waals surface area (Å²) in [5, 5.41) is 2.98. The van der Waals surface area contributed by atoms with Crippen molar-refractivity contribution in [3.05, 3.63) is 39.8 Å². The van der Waals surface area contributed by atoms with E-state index in [9.17, 15) is 4.79 Å². The van der Waals surface area contributed by atoms with Crippen LogP contribution in [-0.2, 0) is 4.74 Å². The zero-order chi connectivity index (χ0) is 16.5. The Morgan fingerprint density at radius 3 is 3.00 bits per heavy atom. The number of hydrogen-bond donors (Lipinski definition) is 0. The molecular weight excluding hydrogens is 328 g/mol. The number of carbonyl (C=O) groups is 1. The van der Waals surface area contributed by atoms with Crippen LogP contribution in [0.5, 0.6) is 11.5 Å². The highest BCUT2D eigenvalue weighted by molar-refractivity contribution is 7.09. The second-order valence-corrected chi connectivity index (χ2v) is 6.77. The van der Waals surface area contributed by atoms with Crippen molar-refractivity contribution in [3.63, 3.8) is 0 Å². The lowest BCUT2D eigenvalue weighted by Crippen LogP contribution is -2.43. The third-order valence-electron chi connectivity index (χ3n) is 4.16. The van der Waals surface area contributed by atoms with Gasteiger partial charge in [-0.25, -0.2) is 4.98 Å². The van der Waals surface area contributed by atoms with Gasteiger partial charge >= 0.3 is 0 Å². The normalized spacial score (nSPS) is 20.0. The lowest BCUT2D eigenvalue weighted by molar-refractivity contribution is -0.00406. The molecule has 0 radical (unpaired) electrons. The Morgan fingerprint density at radius 2 is 2.17 bits per heavy atom. The van der Waals surface area contributed by atoms with Crippen LogP contribution in [0.2, 0.25) is 0 Å². The van der Waals surface area contributed by atoms with Crippen LogP contribution < -0.4 is 9.47 Å². The number of aromatic nitrogens is 1. The molecule has 0 saturated carbocycles. The van der Waals surface area contributed by atoms with Crippen molar-refractivity contribution in [1.29, 1.82) is 0 Å². The summed E-state index contributed by atoms with van der Waals surface area (Å²) < 4.78 is 16.9. The summed E-state index contributed by atoms with van der Waals surface area (Å²) in [5.41, 5.74) is 1.42. The van der Waals surface area contributed by atoms with Crippen molar-refractivity contribution < 1.29 is 19.0 Å². The Kier molecular flexibility index (Phi) is 4.12. The van der Waals surface area contributed by atoms with E-state index in [1.165, 1.54) is 0 Å². The third-order valence-corrected chi connectivity index (χ3v) is 4.96. The summed E-state index contributed by atoms with van der Waals surface area (Å²) in [4.78, 5) is 19.5. The van der Waals surface area contributed by atoms with Crippen molar-refractivity contribution in [2.45, 2.75) is 13.0 Å². The molecule has 4 rings (SSSR count). The first kappa shape index (κ1) is 15.4. The molecular formula is C17H18N2O4S. The molecule has 1 aromatic carbocycles. The largest absolute Gasteiger partial charge is 0.486 e. The van der Waals surface area contributed by atoms with Crippen molar-refractivity contribution in [2.24, 2.45) is 0 Å². The van der Waals surface area contributed by atoms with Gasteiger partial charge in [0.1, 0.15) is 13.2 Å². The lowest BCUT2D eigenvalue weighted by Gasteiger charge is -2.35. The number of thiazole rings is 1. The van der Waals surface area contributed by atoms with E-state index in [1.807, 2.05) is 29.3 Å². The van der Waals surface area contributed by atoms with Gasteiger partial charge in [0.05, 0.1) is 35.5 Å². The van der Waals surface area contributed by atoms with Gasteiger partial charge in [0.25, 0.3) is 5.91 Å². The first-order chi connectivity index (χ1) is 11.7. The van der Waals surface area contributed by atoms with Gasteiger partial charge in [-0.1, -0.05) is 6.07 Å². The number of amides is 1. The number of aryl methyl sites for hydroxylation is 1. The topological polar surface area (TPSA) is 60.9 Å². The van der Waals surface area contributed by atoms with Crippen LogP contribution in [0.1, 0.15) is 27.1 Å².